The number of carbonyl (C=O) groups excluding carboxylic acids is 1. The molecule has 0 aliphatic carbocycles. The van der Waals surface area contributed by atoms with Crippen molar-refractivity contribution in [3.63, 3.8) is 0 Å². The van der Waals surface area contributed by atoms with Gasteiger partial charge in [-0.2, -0.15) is 0 Å². The van der Waals surface area contributed by atoms with Crippen LogP contribution in [0.15, 0.2) is 0 Å². The predicted molar refractivity (Wildman–Crippen MR) is 81.4 cm³/mol. The van der Waals surface area contributed by atoms with Gasteiger partial charge in [0, 0.05) is 0 Å². The smallest absolute Gasteiger partial charge is 0.336 e. The summed E-state index contributed by atoms with van der Waals surface area (Å²) in [5.74, 6) is -0.779. The van der Waals surface area contributed by atoms with Gasteiger partial charge in [-0.1, -0.05) is 26.2 Å². The van der Waals surface area contributed by atoms with E-state index in [0.717, 1.165) is 19.3 Å². The Hall–Kier alpha value is -0.420. The second-order valence-electron chi connectivity index (χ2n) is 4.64. The van der Waals surface area contributed by atoms with Crippen molar-refractivity contribution in [1.82, 2.24) is 0 Å². The van der Waals surface area contributed by atoms with Gasteiger partial charge in [0.05, 0.1) is 25.5 Å². The zero-order valence-electron chi connectivity index (χ0n) is 13.5. The number of ether oxygens (including phenoxy) is 1. The highest BCUT2D eigenvalue weighted by atomic mass is 31.2. The molecule has 21 heavy (non-hydrogen) atoms. The Morgan fingerprint density at radius 3 is 2.05 bits per heavy atom. The predicted octanol–water partition coefficient (Wildman–Crippen LogP) is 3.13. The van der Waals surface area contributed by atoms with Gasteiger partial charge >= 0.3 is 13.6 Å². The zero-order valence-corrected chi connectivity index (χ0v) is 14.4. The molecular weight excluding hydrogens is 295 g/mol. The van der Waals surface area contributed by atoms with Gasteiger partial charge in [0.15, 0.2) is 6.10 Å². The number of unbranched alkanes of at least 4 members (excludes halogenated alkanes) is 2. The summed E-state index contributed by atoms with van der Waals surface area (Å²) in [7, 11) is -3.55. The van der Waals surface area contributed by atoms with Crippen molar-refractivity contribution in [1.29, 1.82) is 0 Å². The summed E-state index contributed by atoms with van der Waals surface area (Å²) < 4.78 is 28.2. The van der Waals surface area contributed by atoms with Crippen molar-refractivity contribution >= 4 is 13.6 Å². The Bertz CT molecular complexity index is 323. The molecule has 0 radical (unpaired) electrons. The number of rotatable bonds is 12. The number of carbonyl (C=O) groups is 1. The van der Waals surface area contributed by atoms with Gasteiger partial charge in [0.2, 0.25) is 0 Å². The van der Waals surface area contributed by atoms with Gasteiger partial charge in [0.1, 0.15) is 0 Å². The Labute approximate surface area is 127 Å². The van der Waals surface area contributed by atoms with E-state index in [1.165, 1.54) is 0 Å². The standard InChI is InChI=1S/C14H29O6P/c1-5-9-10-11-12(13(15)14(16)18-6-2)21(17,19-7-3)20-8-4/h12-13,15H,5-11H2,1-4H3/t12-,13+/m1/s1. The minimum absolute atomic E-state index is 0.158. The van der Waals surface area contributed by atoms with Crippen molar-refractivity contribution in [2.24, 2.45) is 0 Å². The molecule has 0 aliphatic heterocycles. The molecule has 0 amide bonds. The lowest BCUT2D eigenvalue weighted by atomic mass is 10.1. The molecule has 0 rings (SSSR count). The number of aliphatic hydroxyl groups excluding tert-OH is 1. The molecule has 0 saturated heterocycles. The lowest BCUT2D eigenvalue weighted by Crippen LogP contribution is -2.36. The fraction of sp³-hybridized carbons (Fsp3) is 0.929. The molecular formula is C14H29O6P. The van der Waals surface area contributed by atoms with Crippen molar-refractivity contribution < 1.29 is 28.3 Å². The Morgan fingerprint density at radius 2 is 1.62 bits per heavy atom. The van der Waals surface area contributed by atoms with Crippen molar-refractivity contribution in [3.8, 4) is 0 Å². The first-order valence-corrected chi connectivity index (χ1v) is 9.31. The normalized spacial score (nSPS) is 14.7. The molecule has 0 aliphatic rings. The van der Waals surface area contributed by atoms with Crippen LogP contribution in [0.1, 0.15) is 53.4 Å². The number of hydrogen-bond donors (Lipinski definition) is 1. The maximum Gasteiger partial charge on any atom is 0.336 e. The summed E-state index contributed by atoms with van der Waals surface area (Å²) >= 11 is 0. The summed E-state index contributed by atoms with van der Waals surface area (Å²) in [6.07, 6.45) is 1.54. The van der Waals surface area contributed by atoms with Crippen LogP contribution in [0.25, 0.3) is 0 Å². The van der Waals surface area contributed by atoms with Gasteiger partial charge in [-0.05, 0) is 27.2 Å². The Kier molecular flexibility index (Phi) is 11.0. The van der Waals surface area contributed by atoms with E-state index in [-0.39, 0.29) is 19.8 Å². The van der Waals surface area contributed by atoms with E-state index in [4.69, 9.17) is 13.8 Å². The molecule has 2 atom stereocenters. The molecule has 1 N–H and O–H groups in total. The van der Waals surface area contributed by atoms with Crippen LogP contribution in [0.4, 0.5) is 0 Å². The van der Waals surface area contributed by atoms with Crippen molar-refractivity contribution in [2.75, 3.05) is 19.8 Å². The van der Waals surface area contributed by atoms with E-state index >= 15 is 0 Å². The van der Waals surface area contributed by atoms with Gasteiger partial charge in [0.25, 0.3) is 0 Å². The summed E-state index contributed by atoms with van der Waals surface area (Å²) in [6.45, 7) is 7.64. The number of aliphatic hydroxyl groups is 1. The lowest BCUT2D eigenvalue weighted by molar-refractivity contribution is -0.153. The van der Waals surface area contributed by atoms with E-state index in [2.05, 4.69) is 0 Å². The van der Waals surface area contributed by atoms with Crippen LogP contribution in [-0.2, 0) is 23.1 Å². The minimum atomic E-state index is -3.55. The van der Waals surface area contributed by atoms with Gasteiger partial charge in [-0.25, -0.2) is 4.79 Å². The van der Waals surface area contributed by atoms with Gasteiger partial charge < -0.3 is 18.9 Å². The first kappa shape index (κ1) is 20.6. The second kappa shape index (κ2) is 11.2. The van der Waals surface area contributed by atoms with Crippen molar-refractivity contribution in [2.45, 2.75) is 65.1 Å². The van der Waals surface area contributed by atoms with E-state index in [0.29, 0.717) is 6.42 Å². The summed E-state index contributed by atoms with van der Waals surface area (Å²) in [4.78, 5) is 11.8. The monoisotopic (exact) mass is 324 g/mol. The van der Waals surface area contributed by atoms with Crippen LogP contribution in [0.2, 0.25) is 0 Å². The highest BCUT2D eigenvalue weighted by Gasteiger charge is 2.43. The van der Waals surface area contributed by atoms with Crippen LogP contribution in [0.3, 0.4) is 0 Å². The molecule has 6 nitrogen and oxygen atoms in total. The second-order valence-corrected chi connectivity index (χ2v) is 6.89. The third-order valence-electron chi connectivity index (χ3n) is 3.02. The third-order valence-corrected chi connectivity index (χ3v) is 5.61. The average molecular weight is 324 g/mol. The van der Waals surface area contributed by atoms with Crippen LogP contribution in [-0.4, -0.2) is 42.7 Å². The number of hydrogen-bond acceptors (Lipinski definition) is 6. The highest BCUT2D eigenvalue weighted by molar-refractivity contribution is 7.54. The topological polar surface area (TPSA) is 82.1 Å². The van der Waals surface area contributed by atoms with E-state index in [1.807, 2.05) is 6.92 Å². The molecule has 0 heterocycles. The van der Waals surface area contributed by atoms with E-state index < -0.39 is 25.3 Å². The summed E-state index contributed by atoms with van der Waals surface area (Å²) in [5.41, 5.74) is -0.886. The third kappa shape index (κ3) is 6.92. The highest BCUT2D eigenvalue weighted by Crippen LogP contribution is 2.56. The van der Waals surface area contributed by atoms with Crippen LogP contribution < -0.4 is 0 Å². The first-order valence-electron chi connectivity index (χ1n) is 7.70. The van der Waals surface area contributed by atoms with Gasteiger partial charge in [-0.15, -0.1) is 0 Å². The Balaban J connectivity index is 5.15. The minimum Gasteiger partial charge on any atom is -0.464 e. The molecule has 7 heteroatoms. The van der Waals surface area contributed by atoms with E-state index in [9.17, 15) is 14.5 Å². The van der Waals surface area contributed by atoms with Crippen LogP contribution in [0, 0.1) is 0 Å². The maximum atomic E-state index is 12.8. The fourth-order valence-corrected chi connectivity index (χ4v) is 4.21. The SMILES string of the molecule is CCCCC[C@H]([C@H](O)C(=O)OCC)P(=O)(OCC)OCC. The molecule has 0 spiro atoms. The molecule has 0 unspecified atom stereocenters. The molecule has 126 valence electrons. The maximum absolute atomic E-state index is 12.8. The molecule has 0 bridgehead atoms. The lowest BCUT2D eigenvalue weighted by Gasteiger charge is -2.28. The Morgan fingerprint density at radius 1 is 1.05 bits per heavy atom. The van der Waals surface area contributed by atoms with E-state index in [1.54, 1.807) is 20.8 Å². The van der Waals surface area contributed by atoms with Crippen LogP contribution in [0.5, 0.6) is 0 Å². The number of esters is 1. The summed E-state index contributed by atoms with van der Waals surface area (Å²) in [5, 5.41) is 10.2. The average Bonchev–Trinajstić information content (AvgIpc) is 2.43. The molecule has 0 aromatic heterocycles. The molecule has 0 fully saturated rings. The zero-order chi connectivity index (χ0) is 16.3. The molecule has 0 aromatic rings. The van der Waals surface area contributed by atoms with Crippen molar-refractivity contribution in [3.05, 3.63) is 0 Å². The first-order chi connectivity index (χ1) is 9.96. The summed E-state index contributed by atoms with van der Waals surface area (Å²) in [6, 6.07) is 0. The largest absolute Gasteiger partial charge is 0.464 e. The van der Waals surface area contributed by atoms with Crippen LogP contribution >= 0.6 is 7.60 Å². The quantitative estimate of drug-likeness (QED) is 0.337. The molecule has 0 aromatic carbocycles. The fourth-order valence-electron chi connectivity index (χ4n) is 2.07. The molecule has 0 saturated carbocycles. The van der Waals surface area contributed by atoms with Gasteiger partial charge in [-0.3, -0.25) is 4.57 Å².